The summed E-state index contributed by atoms with van der Waals surface area (Å²) < 4.78 is 4.73. The van der Waals surface area contributed by atoms with Gasteiger partial charge < -0.3 is 20.3 Å². The van der Waals surface area contributed by atoms with Crippen molar-refractivity contribution in [3.05, 3.63) is 23.2 Å². The standard InChI is InChI=1S/C15H22ClN3O3/c1-10(8-19(2)3)15(21)17-11-5-6-13(12(16)7-11)18-14(20)9-22-4/h5-7,10H,8-9H2,1-4H3,(H,17,21)(H,18,20). The molecule has 122 valence electrons. The van der Waals surface area contributed by atoms with Crippen LogP contribution >= 0.6 is 11.6 Å². The van der Waals surface area contributed by atoms with Crippen LogP contribution in [0.4, 0.5) is 11.4 Å². The summed E-state index contributed by atoms with van der Waals surface area (Å²) in [5.74, 6) is -0.517. The number of nitrogens with zero attached hydrogens (tertiary/aromatic N) is 1. The topological polar surface area (TPSA) is 70.7 Å². The fourth-order valence-corrected chi connectivity index (χ4v) is 2.14. The maximum Gasteiger partial charge on any atom is 0.250 e. The minimum absolute atomic E-state index is 0.0448. The lowest BCUT2D eigenvalue weighted by molar-refractivity contribution is -0.120. The molecule has 0 heterocycles. The van der Waals surface area contributed by atoms with E-state index in [-0.39, 0.29) is 24.3 Å². The molecule has 0 bridgehead atoms. The molecule has 0 fully saturated rings. The first-order valence-corrected chi connectivity index (χ1v) is 7.25. The van der Waals surface area contributed by atoms with Crippen LogP contribution in [0, 0.1) is 5.92 Å². The summed E-state index contributed by atoms with van der Waals surface area (Å²) in [6.07, 6.45) is 0. The van der Waals surface area contributed by atoms with Gasteiger partial charge in [0.2, 0.25) is 11.8 Å². The van der Waals surface area contributed by atoms with Gasteiger partial charge in [-0.2, -0.15) is 0 Å². The van der Waals surface area contributed by atoms with Gasteiger partial charge in [0, 0.05) is 25.3 Å². The number of anilines is 2. The molecule has 0 aliphatic heterocycles. The number of rotatable bonds is 7. The van der Waals surface area contributed by atoms with Gasteiger partial charge >= 0.3 is 0 Å². The van der Waals surface area contributed by atoms with Crippen molar-refractivity contribution in [3.8, 4) is 0 Å². The summed E-state index contributed by atoms with van der Waals surface area (Å²) in [7, 11) is 5.27. The number of halogens is 1. The lowest BCUT2D eigenvalue weighted by Gasteiger charge is -2.17. The maximum absolute atomic E-state index is 12.0. The van der Waals surface area contributed by atoms with Gasteiger partial charge in [-0.15, -0.1) is 0 Å². The number of hydrogen-bond donors (Lipinski definition) is 2. The van der Waals surface area contributed by atoms with Crippen LogP contribution in [0.1, 0.15) is 6.92 Å². The van der Waals surface area contributed by atoms with Gasteiger partial charge in [0.1, 0.15) is 6.61 Å². The second-order valence-electron chi connectivity index (χ2n) is 5.33. The van der Waals surface area contributed by atoms with Crippen LogP contribution in [0.5, 0.6) is 0 Å². The largest absolute Gasteiger partial charge is 0.375 e. The van der Waals surface area contributed by atoms with Crippen molar-refractivity contribution in [2.24, 2.45) is 5.92 Å². The molecule has 1 atom stereocenters. The molecule has 0 aromatic heterocycles. The quantitative estimate of drug-likeness (QED) is 0.804. The molecular formula is C15H22ClN3O3. The van der Waals surface area contributed by atoms with Gasteiger partial charge in [0.05, 0.1) is 10.7 Å². The van der Waals surface area contributed by atoms with Crippen molar-refractivity contribution in [1.82, 2.24) is 4.90 Å². The molecule has 1 rings (SSSR count). The molecule has 0 saturated carbocycles. The van der Waals surface area contributed by atoms with Gasteiger partial charge in [-0.1, -0.05) is 18.5 Å². The van der Waals surface area contributed by atoms with E-state index in [1.165, 1.54) is 7.11 Å². The zero-order chi connectivity index (χ0) is 16.7. The van der Waals surface area contributed by atoms with E-state index in [0.717, 1.165) is 0 Å². The molecule has 22 heavy (non-hydrogen) atoms. The Kier molecular flexibility index (Phi) is 7.31. The van der Waals surface area contributed by atoms with Crippen LogP contribution in [0.2, 0.25) is 5.02 Å². The van der Waals surface area contributed by atoms with Crippen LogP contribution < -0.4 is 10.6 Å². The number of methoxy groups -OCH3 is 1. The molecule has 7 heteroatoms. The predicted molar refractivity (Wildman–Crippen MR) is 88.3 cm³/mol. The number of carbonyl (C=O) groups excluding carboxylic acids is 2. The normalized spacial score (nSPS) is 12.1. The van der Waals surface area contributed by atoms with Crippen molar-refractivity contribution in [3.63, 3.8) is 0 Å². The summed E-state index contributed by atoms with van der Waals surface area (Å²) in [5, 5.41) is 5.78. The zero-order valence-corrected chi connectivity index (χ0v) is 14.0. The molecule has 0 saturated heterocycles. The molecule has 1 aromatic carbocycles. The molecule has 6 nitrogen and oxygen atoms in total. The highest BCUT2D eigenvalue weighted by Gasteiger charge is 2.14. The first-order chi connectivity index (χ1) is 10.3. The van der Waals surface area contributed by atoms with E-state index in [2.05, 4.69) is 10.6 Å². The van der Waals surface area contributed by atoms with E-state index in [1.54, 1.807) is 18.2 Å². The Bertz CT molecular complexity index is 535. The fourth-order valence-electron chi connectivity index (χ4n) is 1.91. The third kappa shape index (κ3) is 6.01. The van der Waals surface area contributed by atoms with Crippen molar-refractivity contribution < 1.29 is 14.3 Å². The van der Waals surface area contributed by atoms with E-state index in [0.29, 0.717) is 22.9 Å². The van der Waals surface area contributed by atoms with E-state index in [1.807, 2.05) is 25.9 Å². The second-order valence-corrected chi connectivity index (χ2v) is 5.74. The highest BCUT2D eigenvalue weighted by Crippen LogP contribution is 2.25. The Morgan fingerprint density at radius 2 is 2.00 bits per heavy atom. The molecule has 1 unspecified atom stereocenters. The summed E-state index contributed by atoms with van der Waals surface area (Å²) in [6.45, 7) is 2.47. The molecule has 2 amide bonds. The van der Waals surface area contributed by atoms with Crippen LogP contribution in [0.25, 0.3) is 0 Å². The number of hydrogen-bond acceptors (Lipinski definition) is 4. The summed E-state index contributed by atoms with van der Waals surface area (Å²) in [6, 6.07) is 4.93. The molecule has 2 N–H and O–H groups in total. The van der Waals surface area contributed by atoms with Crippen LogP contribution in [-0.4, -0.2) is 51.1 Å². The summed E-state index contributed by atoms with van der Waals surface area (Å²) in [4.78, 5) is 25.4. The SMILES string of the molecule is COCC(=O)Nc1ccc(NC(=O)C(C)CN(C)C)cc1Cl. The number of carbonyl (C=O) groups is 2. The Morgan fingerprint density at radius 3 is 2.55 bits per heavy atom. The monoisotopic (exact) mass is 327 g/mol. The molecule has 0 radical (unpaired) electrons. The number of benzene rings is 1. The Morgan fingerprint density at radius 1 is 1.32 bits per heavy atom. The van der Waals surface area contributed by atoms with Gasteiger partial charge in [0.25, 0.3) is 0 Å². The lowest BCUT2D eigenvalue weighted by Crippen LogP contribution is -2.29. The van der Waals surface area contributed by atoms with Crippen molar-refractivity contribution in [2.75, 3.05) is 45.0 Å². The molecule has 1 aromatic rings. The van der Waals surface area contributed by atoms with Gasteiger partial charge in [-0.3, -0.25) is 9.59 Å². The minimum atomic E-state index is -0.291. The highest BCUT2D eigenvalue weighted by molar-refractivity contribution is 6.34. The van der Waals surface area contributed by atoms with Crippen LogP contribution in [0.15, 0.2) is 18.2 Å². The van der Waals surface area contributed by atoms with Crippen molar-refractivity contribution in [1.29, 1.82) is 0 Å². The Balaban J connectivity index is 2.69. The number of nitrogens with one attached hydrogen (secondary N) is 2. The third-order valence-electron chi connectivity index (χ3n) is 2.87. The first kappa shape index (κ1) is 18.4. The molecular weight excluding hydrogens is 306 g/mol. The van der Waals surface area contributed by atoms with Crippen molar-refractivity contribution >= 4 is 34.8 Å². The summed E-state index contributed by atoms with van der Waals surface area (Å²) in [5.41, 5.74) is 1.06. The number of amides is 2. The highest BCUT2D eigenvalue weighted by atomic mass is 35.5. The minimum Gasteiger partial charge on any atom is -0.375 e. The molecule has 0 aliphatic rings. The summed E-state index contributed by atoms with van der Waals surface area (Å²) >= 11 is 6.11. The molecule has 0 spiro atoms. The van der Waals surface area contributed by atoms with Crippen LogP contribution in [0.3, 0.4) is 0 Å². The van der Waals surface area contributed by atoms with E-state index in [4.69, 9.17) is 16.3 Å². The third-order valence-corrected chi connectivity index (χ3v) is 3.19. The van der Waals surface area contributed by atoms with Gasteiger partial charge in [-0.25, -0.2) is 0 Å². The Hall–Kier alpha value is -1.63. The lowest BCUT2D eigenvalue weighted by atomic mass is 10.1. The smallest absolute Gasteiger partial charge is 0.250 e. The van der Waals surface area contributed by atoms with Gasteiger partial charge in [-0.05, 0) is 32.3 Å². The second kappa shape index (κ2) is 8.73. The van der Waals surface area contributed by atoms with Crippen molar-refractivity contribution in [2.45, 2.75) is 6.92 Å². The number of ether oxygens (including phenoxy) is 1. The van der Waals surface area contributed by atoms with Crippen LogP contribution in [-0.2, 0) is 14.3 Å². The average molecular weight is 328 g/mol. The fraction of sp³-hybridized carbons (Fsp3) is 0.467. The average Bonchev–Trinajstić information content (AvgIpc) is 2.41. The van der Waals surface area contributed by atoms with E-state index >= 15 is 0 Å². The van der Waals surface area contributed by atoms with Gasteiger partial charge in [0.15, 0.2) is 0 Å². The van der Waals surface area contributed by atoms with E-state index < -0.39 is 0 Å². The first-order valence-electron chi connectivity index (χ1n) is 6.87. The molecule has 0 aliphatic carbocycles. The predicted octanol–water partition coefficient (Wildman–Crippen LogP) is 2.06. The maximum atomic E-state index is 12.0. The van der Waals surface area contributed by atoms with E-state index in [9.17, 15) is 9.59 Å². The zero-order valence-electron chi connectivity index (χ0n) is 13.3. The Labute approximate surface area is 135 Å².